The van der Waals surface area contributed by atoms with E-state index in [-0.39, 0.29) is 6.42 Å². The number of aromatic nitrogens is 1. The molecule has 5 nitrogen and oxygen atoms in total. The topological polar surface area (TPSA) is 71.5 Å². The van der Waals surface area contributed by atoms with E-state index in [0.29, 0.717) is 18.8 Å². The van der Waals surface area contributed by atoms with Crippen molar-refractivity contribution in [1.29, 1.82) is 0 Å². The fourth-order valence-electron chi connectivity index (χ4n) is 1.04. The van der Waals surface area contributed by atoms with Gasteiger partial charge >= 0.3 is 5.97 Å². The van der Waals surface area contributed by atoms with Gasteiger partial charge in [-0.2, -0.15) is 0 Å². The molecule has 0 aliphatic heterocycles. The Hall–Kier alpha value is -0.980. The Morgan fingerprint density at radius 2 is 2.53 bits per heavy atom. The van der Waals surface area contributed by atoms with E-state index in [1.54, 1.807) is 12.5 Å². The first kappa shape index (κ1) is 12.1. The molecule has 0 atom stereocenters. The van der Waals surface area contributed by atoms with Gasteiger partial charge in [0.1, 0.15) is 5.01 Å². The lowest BCUT2D eigenvalue weighted by Crippen LogP contribution is -2.18. The normalized spacial score (nSPS) is 10.5. The second kappa shape index (κ2) is 6.49. The van der Waals surface area contributed by atoms with Crippen molar-refractivity contribution in [1.82, 2.24) is 10.3 Å². The third-order valence-corrected chi connectivity index (χ3v) is 2.59. The highest BCUT2D eigenvalue weighted by Gasteiger charge is 2.05. The molecule has 84 valence electrons. The van der Waals surface area contributed by atoms with Crippen LogP contribution in [0.5, 0.6) is 0 Å². The fraction of sp³-hybridized carbons (Fsp3) is 0.556. The Labute approximate surface area is 92.1 Å². The predicted molar refractivity (Wildman–Crippen MR) is 57.0 cm³/mol. The molecule has 0 amide bonds. The summed E-state index contributed by atoms with van der Waals surface area (Å²) in [4.78, 5) is 14.6. The van der Waals surface area contributed by atoms with E-state index in [1.165, 1.54) is 11.3 Å². The van der Waals surface area contributed by atoms with Crippen LogP contribution in [-0.4, -0.2) is 36.3 Å². The molecule has 0 radical (unpaired) electrons. The number of ether oxygens (including phenoxy) is 1. The van der Waals surface area contributed by atoms with Crippen LogP contribution in [0.25, 0.3) is 0 Å². The monoisotopic (exact) mass is 230 g/mol. The van der Waals surface area contributed by atoms with E-state index in [0.717, 1.165) is 11.6 Å². The largest absolute Gasteiger partial charge is 0.481 e. The van der Waals surface area contributed by atoms with Gasteiger partial charge in [0.15, 0.2) is 0 Å². The maximum atomic E-state index is 10.4. The molecule has 0 aromatic carbocycles. The number of carbonyl (C=O) groups is 1. The summed E-state index contributed by atoms with van der Waals surface area (Å²) in [5.74, 6) is -0.848. The van der Waals surface area contributed by atoms with Gasteiger partial charge < -0.3 is 15.2 Å². The van der Waals surface area contributed by atoms with Crippen molar-refractivity contribution in [2.45, 2.75) is 13.0 Å². The van der Waals surface area contributed by atoms with E-state index in [9.17, 15) is 4.79 Å². The maximum absolute atomic E-state index is 10.4. The first-order valence-electron chi connectivity index (χ1n) is 4.57. The minimum atomic E-state index is -0.848. The summed E-state index contributed by atoms with van der Waals surface area (Å²) < 4.78 is 4.88. The summed E-state index contributed by atoms with van der Waals surface area (Å²) in [6, 6.07) is 0. The average Bonchev–Trinajstić information content (AvgIpc) is 2.59. The number of carboxylic acids is 1. The lowest BCUT2D eigenvalue weighted by molar-refractivity contribution is -0.136. The van der Waals surface area contributed by atoms with Gasteiger partial charge in [-0.3, -0.25) is 4.79 Å². The Bertz CT molecular complexity index is 314. The van der Waals surface area contributed by atoms with Crippen LogP contribution >= 0.6 is 11.3 Å². The zero-order valence-electron chi connectivity index (χ0n) is 8.52. The van der Waals surface area contributed by atoms with Gasteiger partial charge in [0.05, 0.1) is 18.7 Å². The summed E-state index contributed by atoms with van der Waals surface area (Å²) in [6.07, 6.45) is -0.00539. The Kier molecular flexibility index (Phi) is 5.23. The Morgan fingerprint density at radius 3 is 3.20 bits per heavy atom. The van der Waals surface area contributed by atoms with Crippen molar-refractivity contribution in [2.75, 3.05) is 20.3 Å². The molecular formula is C9H14N2O3S. The molecule has 0 unspecified atom stereocenters. The number of aliphatic carboxylic acids is 1. The molecule has 1 heterocycles. The highest BCUT2D eigenvalue weighted by molar-refractivity contribution is 7.09. The van der Waals surface area contributed by atoms with E-state index in [2.05, 4.69) is 10.3 Å². The molecule has 0 fully saturated rings. The van der Waals surface area contributed by atoms with Crippen LogP contribution in [0.3, 0.4) is 0 Å². The fourth-order valence-corrected chi connectivity index (χ4v) is 1.80. The van der Waals surface area contributed by atoms with Crippen molar-refractivity contribution in [3.63, 3.8) is 0 Å². The lowest BCUT2D eigenvalue weighted by Gasteiger charge is -1.99. The van der Waals surface area contributed by atoms with Crippen LogP contribution in [-0.2, 0) is 22.5 Å². The standard InChI is InChI=1S/C9H14N2O3S/c1-14-3-2-10-5-8-11-7(6-15-8)4-9(12)13/h6,10H,2-5H2,1H3,(H,12,13). The number of nitrogens with zero attached hydrogens (tertiary/aromatic N) is 1. The molecule has 1 aromatic rings. The molecule has 0 bridgehead atoms. The van der Waals surface area contributed by atoms with Crippen molar-refractivity contribution in [3.8, 4) is 0 Å². The van der Waals surface area contributed by atoms with Crippen molar-refractivity contribution in [3.05, 3.63) is 16.1 Å². The number of methoxy groups -OCH3 is 1. The molecule has 1 rings (SSSR count). The number of hydrogen-bond acceptors (Lipinski definition) is 5. The van der Waals surface area contributed by atoms with Crippen molar-refractivity contribution >= 4 is 17.3 Å². The summed E-state index contributed by atoms with van der Waals surface area (Å²) in [6.45, 7) is 2.09. The maximum Gasteiger partial charge on any atom is 0.309 e. The van der Waals surface area contributed by atoms with Crippen LogP contribution in [0.4, 0.5) is 0 Å². The molecule has 2 N–H and O–H groups in total. The van der Waals surface area contributed by atoms with Crippen LogP contribution in [0.1, 0.15) is 10.7 Å². The Balaban J connectivity index is 2.29. The summed E-state index contributed by atoms with van der Waals surface area (Å²) in [5, 5.41) is 14.4. The quantitative estimate of drug-likeness (QED) is 0.668. The van der Waals surface area contributed by atoms with Crippen LogP contribution in [0, 0.1) is 0 Å². The van der Waals surface area contributed by atoms with E-state index in [4.69, 9.17) is 9.84 Å². The molecule has 0 saturated heterocycles. The summed E-state index contributed by atoms with van der Waals surface area (Å²) in [7, 11) is 1.65. The molecule has 6 heteroatoms. The van der Waals surface area contributed by atoms with Crippen LogP contribution < -0.4 is 5.32 Å². The van der Waals surface area contributed by atoms with Gasteiger partial charge in [0.2, 0.25) is 0 Å². The second-order valence-corrected chi connectivity index (χ2v) is 3.92. The van der Waals surface area contributed by atoms with Crippen molar-refractivity contribution in [2.24, 2.45) is 0 Å². The third-order valence-electron chi connectivity index (χ3n) is 1.69. The zero-order chi connectivity index (χ0) is 11.1. The number of hydrogen-bond donors (Lipinski definition) is 2. The van der Waals surface area contributed by atoms with Gasteiger partial charge in [-0.05, 0) is 0 Å². The number of rotatable bonds is 7. The molecular weight excluding hydrogens is 216 g/mol. The molecule has 15 heavy (non-hydrogen) atoms. The number of carboxylic acid groups (broad SMARTS) is 1. The third kappa shape index (κ3) is 4.87. The first-order chi connectivity index (χ1) is 7.22. The van der Waals surface area contributed by atoms with E-state index in [1.807, 2.05) is 0 Å². The minimum absolute atomic E-state index is 0.00539. The van der Waals surface area contributed by atoms with Gasteiger partial charge in [-0.25, -0.2) is 4.98 Å². The smallest absolute Gasteiger partial charge is 0.309 e. The predicted octanol–water partition coefficient (Wildman–Crippen LogP) is 0.506. The Morgan fingerprint density at radius 1 is 1.73 bits per heavy atom. The summed E-state index contributed by atoms with van der Waals surface area (Å²) in [5.41, 5.74) is 0.621. The number of nitrogens with one attached hydrogen (secondary N) is 1. The first-order valence-corrected chi connectivity index (χ1v) is 5.45. The molecule has 0 aliphatic carbocycles. The zero-order valence-corrected chi connectivity index (χ0v) is 9.34. The van der Waals surface area contributed by atoms with Gasteiger partial charge in [0.25, 0.3) is 0 Å². The summed E-state index contributed by atoms with van der Waals surface area (Å²) >= 11 is 1.47. The minimum Gasteiger partial charge on any atom is -0.481 e. The SMILES string of the molecule is COCCNCc1nc(CC(=O)O)cs1. The van der Waals surface area contributed by atoms with E-state index >= 15 is 0 Å². The molecule has 1 aromatic heterocycles. The van der Waals surface area contributed by atoms with Crippen molar-refractivity contribution < 1.29 is 14.6 Å². The average molecular weight is 230 g/mol. The lowest BCUT2D eigenvalue weighted by atomic mass is 10.3. The van der Waals surface area contributed by atoms with Gasteiger partial charge in [0, 0.05) is 25.6 Å². The van der Waals surface area contributed by atoms with Gasteiger partial charge in [-0.1, -0.05) is 0 Å². The van der Waals surface area contributed by atoms with Gasteiger partial charge in [-0.15, -0.1) is 11.3 Å². The number of thiazole rings is 1. The molecule has 0 spiro atoms. The van der Waals surface area contributed by atoms with Crippen LogP contribution in [0.15, 0.2) is 5.38 Å². The second-order valence-electron chi connectivity index (χ2n) is 2.97. The highest BCUT2D eigenvalue weighted by Crippen LogP contribution is 2.09. The van der Waals surface area contributed by atoms with Crippen LogP contribution in [0.2, 0.25) is 0 Å². The van der Waals surface area contributed by atoms with E-state index < -0.39 is 5.97 Å². The molecule has 0 saturated carbocycles. The molecule has 0 aliphatic rings. The highest BCUT2D eigenvalue weighted by atomic mass is 32.1.